The van der Waals surface area contributed by atoms with Crippen LogP contribution in [0.5, 0.6) is 0 Å². The molecule has 5 aliphatic rings. The van der Waals surface area contributed by atoms with Gasteiger partial charge in [-0.15, -0.1) is 11.8 Å². The molecule has 0 atom stereocenters. The van der Waals surface area contributed by atoms with Crippen LogP contribution in [0, 0.1) is 29.1 Å². The maximum absolute atomic E-state index is 13.2. The number of likely N-dealkylation sites (tertiary alicyclic amines) is 1. The summed E-state index contributed by atoms with van der Waals surface area (Å²) in [6.07, 6.45) is 13.1. The third kappa shape index (κ3) is 3.76. The monoisotopic (exact) mass is 427 g/mol. The zero-order chi connectivity index (χ0) is 20.7. The van der Waals surface area contributed by atoms with Crippen LogP contribution in [0.25, 0.3) is 0 Å². The summed E-state index contributed by atoms with van der Waals surface area (Å²) in [6.45, 7) is 2.30. The highest BCUT2D eigenvalue weighted by atomic mass is 32.2. The summed E-state index contributed by atoms with van der Waals surface area (Å²) < 4.78 is 0. The van der Waals surface area contributed by atoms with Crippen molar-refractivity contribution in [1.82, 2.24) is 15.2 Å². The fraction of sp³-hybridized carbons (Fsp3) is 0.708. The summed E-state index contributed by atoms with van der Waals surface area (Å²) in [4.78, 5) is 32.4. The van der Waals surface area contributed by atoms with Crippen molar-refractivity contribution in [2.24, 2.45) is 29.1 Å². The lowest BCUT2D eigenvalue weighted by atomic mass is 9.49. The number of carbonyl (C=O) groups is 2. The number of nitrogens with one attached hydrogen (secondary N) is 1. The van der Waals surface area contributed by atoms with Crippen molar-refractivity contribution in [2.45, 2.75) is 56.4 Å². The Morgan fingerprint density at radius 3 is 2.37 bits per heavy atom. The van der Waals surface area contributed by atoms with Crippen LogP contribution in [0.3, 0.4) is 0 Å². The second kappa shape index (κ2) is 8.18. The van der Waals surface area contributed by atoms with Crippen LogP contribution in [0.1, 0.15) is 61.7 Å². The minimum Gasteiger partial charge on any atom is -0.355 e. The summed E-state index contributed by atoms with van der Waals surface area (Å²) in [5, 5.41) is 4.15. The molecule has 1 N–H and O–H groups in total. The van der Waals surface area contributed by atoms with E-state index in [1.54, 1.807) is 6.20 Å². The van der Waals surface area contributed by atoms with Gasteiger partial charge >= 0.3 is 0 Å². The van der Waals surface area contributed by atoms with Gasteiger partial charge in [-0.25, -0.2) is 4.98 Å². The molecule has 0 spiro atoms. The van der Waals surface area contributed by atoms with E-state index in [4.69, 9.17) is 0 Å². The minimum absolute atomic E-state index is 0.0556. The molecule has 6 rings (SSSR count). The van der Waals surface area contributed by atoms with Crippen molar-refractivity contribution >= 4 is 23.6 Å². The summed E-state index contributed by atoms with van der Waals surface area (Å²) in [7, 11) is 0. The Labute approximate surface area is 183 Å². The van der Waals surface area contributed by atoms with Gasteiger partial charge in [0, 0.05) is 31.2 Å². The summed E-state index contributed by atoms with van der Waals surface area (Å²) in [5.74, 6) is 3.30. The lowest BCUT2D eigenvalue weighted by Crippen LogP contribution is -2.54. The Morgan fingerprint density at radius 2 is 1.77 bits per heavy atom. The van der Waals surface area contributed by atoms with E-state index in [1.165, 1.54) is 31.0 Å². The second-order valence-corrected chi connectivity index (χ2v) is 11.0. The van der Waals surface area contributed by atoms with E-state index in [0.717, 1.165) is 74.5 Å². The van der Waals surface area contributed by atoms with Crippen LogP contribution in [-0.2, 0) is 4.79 Å². The molecule has 5 fully saturated rings. The molecule has 1 saturated heterocycles. The summed E-state index contributed by atoms with van der Waals surface area (Å²) >= 11 is 1.52. The number of piperidine rings is 1. The van der Waals surface area contributed by atoms with Crippen molar-refractivity contribution in [2.75, 3.05) is 25.9 Å². The average Bonchev–Trinajstić information content (AvgIpc) is 2.76. The van der Waals surface area contributed by atoms with Gasteiger partial charge in [0.25, 0.3) is 5.91 Å². The molecule has 5 nitrogen and oxygen atoms in total. The van der Waals surface area contributed by atoms with Gasteiger partial charge in [-0.3, -0.25) is 9.59 Å². The highest BCUT2D eigenvalue weighted by Crippen LogP contribution is 2.60. The number of rotatable bonds is 5. The van der Waals surface area contributed by atoms with Crippen LogP contribution in [0.2, 0.25) is 0 Å². The van der Waals surface area contributed by atoms with Crippen molar-refractivity contribution in [3.8, 4) is 0 Å². The average molecular weight is 428 g/mol. The maximum atomic E-state index is 13.2. The van der Waals surface area contributed by atoms with E-state index < -0.39 is 0 Å². The van der Waals surface area contributed by atoms with Gasteiger partial charge in [-0.05, 0) is 93.4 Å². The predicted octanol–water partition coefficient (Wildman–Crippen LogP) is 3.99. The van der Waals surface area contributed by atoms with Gasteiger partial charge in [0.15, 0.2) is 0 Å². The summed E-state index contributed by atoms with van der Waals surface area (Å²) in [6, 6.07) is 3.71. The first-order valence-corrected chi connectivity index (χ1v) is 12.9. The van der Waals surface area contributed by atoms with E-state index in [9.17, 15) is 9.59 Å². The number of carbonyl (C=O) groups excluding carboxylic acids is 2. The summed E-state index contributed by atoms with van der Waals surface area (Å²) in [5.41, 5.74) is 0.651. The van der Waals surface area contributed by atoms with Gasteiger partial charge in [-0.2, -0.15) is 0 Å². The molecule has 6 heteroatoms. The zero-order valence-electron chi connectivity index (χ0n) is 17.9. The molecule has 4 saturated carbocycles. The molecule has 1 aromatic rings. The van der Waals surface area contributed by atoms with Crippen molar-refractivity contribution in [1.29, 1.82) is 0 Å². The molecule has 1 aliphatic heterocycles. The van der Waals surface area contributed by atoms with E-state index >= 15 is 0 Å². The molecular weight excluding hydrogens is 394 g/mol. The first-order chi connectivity index (χ1) is 14.6. The van der Waals surface area contributed by atoms with E-state index in [2.05, 4.69) is 10.3 Å². The number of hydrogen-bond donors (Lipinski definition) is 1. The SMILES string of the molecule is CSc1ncccc1C(=O)N1CCC(CNC(=O)C23CC4CC(CC(C4)C2)C3)CC1. The van der Waals surface area contributed by atoms with Gasteiger partial charge in [0.05, 0.1) is 5.56 Å². The molecule has 0 unspecified atom stereocenters. The zero-order valence-corrected chi connectivity index (χ0v) is 18.8. The van der Waals surface area contributed by atoms with Crippen LogP contribution in [-0.4, -0.2) is 47.6 Å². The number of thioether (sulfide) groups is 1. The first-order valence-electron chi connectivity index (χ1n) is 11.6. The molecule has 30 heavy (non-hydrogen) atoms. The smallest absolute Gasteiger partial charge is 0.256 e. The van der Waals surface area contributed by atoms with Crippen LogP contribution in [0.4, 0.5) is 0 Å². The van der Waals surface area contributed by atoms with Crippen molar-refractivity contribution < 1.29 is 9.59 Å². The fourth-order valence-electron chi connectivity index (χ4n) is 7.04. The molecule has 0 aromatic carbocycles. The molecule has 162 valence electrons. The Morgan fingerprint density at radius 1 is 1.13 bits per heavy atom. The molecule has 4 bridgehead atoms. The van der Waals surface area contributed by atoms with Crippen LogP contribution >= 0.6 is 11.8 Å². The number of pyridine rings is 1. The predicted molar refractivity (Wildman–Crippen MR) is 118 cm³/mol. The molecular formula is C24H33N3O2S. The lowest BCUT2D eigenvalue weighted by Gasteiger charge is -2.55. The normalized spacial score (nSPS) is 33.0. The third-order valence-electron chi connectivity index (χ3n) is 8.17. The third-order valence-corrected chi connectivity index (χ3v) is 8.88. The Kier molecular flexibility index (Phi) is 5.55. The fourth-order valence-corrected chi connectivity index (χ4v) is 7.58. The van der Waals surface area contributed by atoms with Crippen molar-refractivity contribution in [3.63, 3.8) is 0 Å². The second-order valence-electron chi connectivity index (χ2n) is 10.2. The lowest BCUT2D eigenvalue weighted by molar-refractivity contribution is -0.146. The Bertz CT molecular complexity index is 783. The van der Waals surface area contributed by atoms with E-state index in [0.29, 0.717) is 17.4 Å². The van der Waals surface area contributed by atoms with E-state index in [-0.39, 0.29) is 11.3 Å². The quantitative estimate of drug-likeness (QED) is 0.722. The van der Waals surface area contributed by atoms with Gasteiger partial charge in [0.2, 0.25) is 5.91 Å². The number of nitrogens with zero attached hydrogens (tertiary/aromatic N) is 2. The molecule has 1 aromatic heterocycles. The topological polar surface area (TPSA) is 62.3 Å². The standard InChI is InChI=1S/C24H33N3O2S/c1-30-21-20(3-2-6-25-21)22(28)27-7-4-16(5-8-27)15-26-23(29)24-12-17-9-18(13-24)11-19(10-17)14-24/h2-3,6,16-19H,4-5,7-15H2,1H3,(H,26,29). The highest BCUT2D eigenvalue weighted by Gasteiger charge is 2.54. The van der Waals surface area contributed by atoms with Crippen LogP contribution in [0.15, 0.2) is 23.4 Å². The largest absolute Gasteiger partial charge is 0.355 e. The van der Waals surface area contributed by atoms with Crippen molar-refractivity contribution in [3.05, 3.63) is 23.9 Å². The molecule has 0 radical (unpaired) electrons. The number of aromatic nitrogens is 1. The van der Waals surface area contributed by atoms with Gasteiger partial charge < -0.3 is 10.2 Å². The minimum atomic E-state index is -0.0556. The van der Waals surface area contributed by atoms with Crippen LogP contribution < -0.4 is 5.32 Å². The first kappa shape index (κ1) is 20.3. The Balaban J connectivity index is 1.13. The maximum Gasteiger partial charge on any atom is 0.256 e. The molecule has 4 aliphatic carbocycles. The molecule has 2 amide bonds. The highest BCUT2D eigenvalue weighted by molar-refractivity contribution is 7.98. The van der Waals surface area contributed by atoms with E-state index in [1.807, 2.05) is 23.3 Å². The van der Waals surface area contributed by atoms with Gasteiger partial charge in [-0.1, -0.05) is 0 Å². The number of hydrogen-bond acceptors (Lipinski definition) is 4. The molecule has 2 heterocycles. The Hall–Kier alpha value is -1.56. The number of amides is 2. The van der Waals surface area contributed by atoms with Gasteiger partial charge in [0.1, 0.15) is 5.03 Å².